The molecule has 0 aliphatic heterocycles. The van der Waals surface area contributed by atoms with E-state index in [1.54, 1.807) is 6.92 Å². The Hall–Kier alpha value is -1.90. The molecule has 0 heterocycles. The second kappa shape index (κ2) is 6.88. The molecule has 19 heavy (non-hydrogen) atoms. The highest BCUT2D eigenvalue weighted by Gasteiger charge is 2.16. The van der Waals surface area contributed by atoms with Crippen molar-refractivity contribution in [3.8, 4) is 11.8 Å². The van der Waals surface area contributed by atoms with Crippen LogP contribution in [-0.4, -0.2) is 23.7 Å². The number of amides is 2. The highest BCUT2D eigenvalue weighted by atomic mass is 35.5. The van der Waals surface area contributed by atoms with Crippen molar-refractivity contribution in [2.24, 2.45) is 0 Å². The monoisotopic (exact) mass is 300 g/mol. The summed E-state index contributed by atoms with van der Waals surface area (Å²) in [5, 5.41) is 14.0. The molecular weight excluding hydrogens is 291 g/mol. The van der Waals surface area contributed by atoms with Crippen LogP contribution in [0.1, 0.15) is 17.3 Å². The number of carboxylic acids is 1. The first kappa shape index (κ1) is 15.2. The van der Waals surface area contributed by atoms with Crippen molar-refractivity contribution in [2.45, 2.75) is 6.92 Å². The van der Waals surface area contributed by atoms with Crippen molar-refractivity contribution in [1.29, 1.82) is 0 Å². The minimum atomic E-state index is -1.24. The number of carbonyl (C=O) groups excluding carboxylic acids is 1. The Morgan fingerprint density at radius 1 is 1.37 bits per heavy atom. The number of carboxylic acid groups (broad SMARTS) is 1. The summed E-state index contributed by atoms with van der Waals surface area (Å²) in [6.45, 7) is 1.79. The third kappa shape index (κ3) is 4.36. The van der Waals surface area contributed by atoms with Crippen molar-refractivity contribution in [3.05, 3.63) is 27.7 Å². The van der Waals surface area contributed by atoms with E-state index in [1.807, 2.05) is 0 Å². The van der Waals surface area contributed by atoms with Gasteiger partial charge < -0.3 is 15.7 Å². The van der Waals surface area contributed by atoms with Gasteiger partial charge in [-0.05, 0) is 19.1 Å². The summed E-state index contributed by atoms with van der Waals surface area (Å²) in [4.78, 5) is 22.6. The van der Waals surface area contributed by atoms with Gasteiger partial charge in [-0.2, -0.15) is 0 Å². The fourth-order valence-corrected chi connectivity index (χ4v) is 1.78. The van der Waals surface area contributed by atoms with Crippen LogP contribution in [0, 0.1) is 11.8 Å². The standard InChI is InChI=1S/C12H10Cl2N2O3/c1-2-3-4-15-12(19)16-10-8(11(17)18)5-7(13)6-9(10)14/h5-6H,4H2,1H3,(H,17,18)(H2,15,16,19). The first-order chi connectivity index (χ1) is 8.95. The summed E-state index contributed by atoms with van der Waals surface area (Å²) in [6.07, 6.45) is 0. The molecule has 1 rings (SSSR count). The van der Waals surface area contributed by atoms with Gasteiger partial charge in [0.1, 0.15) is 0 Å². The van der Waals surface area contributed by atoms with Gasteiger partial charge in [0, 0.05) is 5.02 Å². The van der Waals surface area contributed by atoms with E-state index in [-0.39, 0.29) is 27.8 Å². The number of nitrogens with one attached hydrogen (secondary N) is 2. The molecular formula is C12H10Cl2N2O3. The summed E-state index contributed by atoms with van der Waals surface area (Å²) >= 11 is 11.6. The number of rotatable bonds is 3. The van der Waals surface area contributed by atoms with Gasteiger partial charge >= 0.3 is 12.0 Å². The van der Waals surface area contributed by atoms with E-state index in [1.165, 1.54) is 12.1 Å². The zero-order valence-corrected chi connectivity index (χ0v) is 11.4. The average molecular weight is 301 g/mol. The number of aromatic carboxylic acids is 1. The van der Waals surface area contributed by atoms with E-state index in [4.69, 9.17) is 28.3 Å². The molecule has 0 radical (unpaired) electrons. The van der Waals surface area contributed by atoms with Gasteiger partial charge in [0.2, 0.25) is 0 Å². The number of hydrogen-bond donors (Lipinski definition) is 3. The Labute approximate surface area is 119 Å². The third-order valence-corrected chi connectivity index (χ3v) is 2.55. The Balaban J connectivity index is 2.95. The second-order valence-corrected chi connectivity index (χ2v) is 4.19. The summed E-state index contributed by atoms with van der Waals surface area (Å²) in [7, 11) is 0. The summed E-state index contributed by atoms with van der Waals surface area (Å²) in [6, 6.07) is 1.95. The quantitative estimate of drug-likeness (QED) is 0.751. The summed E-state index contributed by atoms with van der Waals surface area (Å²) < 4.78 is 0. The van der Waals surface area contributed by atoms with Crippen LogP contribution >= 0.6 is 23.2 Å². The molecule has 0 aliphatic rings. The Kier molecular flexibility index (Phi) is 5.49. The molecule has 1 aromatic carbocycles. The number of benzene rings is 1. The van der Waals surface area contributed by atoms with E-state index >= 15 is 0 Å². The van der Waals surface area contributed by atoms with Gasteiger partial charge in [-0.1, -0.05) is 29.1 Å². The number of hydrogen-bond acceptors (Lipinski definition) is 2. The molecule has 0 atom stereocenters. The number of urea groups is 1. The highest BCUT2D eigenvalue weighted by molar-refractivity contribution is 6.37. The first-order valence-electron chi connectivity index (χ1n) is 5.12. The van der Waals surface area contributed by atoms with E-state index in [2.05, 4.69) is 22.5 Å². The molecule has 2 amide bonds. The minimum Gasteiger partial charge on any atom is -0.478 e. The van der Waals surface area contributed by atoms with E-state index < -0.39 is 12.0 Å². The molecule has 0 bridgehead atoms. The van der Waals surface area contributed by atoms with Crippen LogP contribution in [0.4, 0.5) is 10.5 Å². The largest absolute Gasteiger partial charge is 0.478 e. The third-order valence-electron chi connectivity index (χ3n) is 2.04. The molecule has 0 aromatic heterocycles. The maximum Gasteiger partial charge on any atom is 0.337 e. The Morgan fingerprint density at radius 3 is 2.63 bits per heavy atom. The first-order valence-corrected chi connectivity index (χ1v) is 5.88. The molecule has 0 spiro atoms. The van der Waals surface area contributed by atoms with Crippen LogP contribution < -0.4 is 10.6 Å². The van der Waals surface area contributed by atoms with Crippen LogP contribution in [0.2, 0.25) is 10.0 Å². The maximum absolute atomic E-state index is 11.5. The normalized spacial score (nSPS) is 9.21. The van der Waals surface area contributed by atoms with Gasteiger partial charge in [-0.25, -0.2) is 9.59 Å². The van der Waals surface area contributed by atoms with Crippen molar-refractivity contribution in [2.75, 3.05) is 11.9 Å². The Bertz CT molecular complexity index is 576. The number of halogens is 2. The molecule has 7 heteroatoms. The molecule has 0 aliphatic carbocycles. The van der Waals surface area contributed by atoms with Crippen LogP contribution in [0.3, 0.4) is 0 Å². The maximum atomic E-state index is 11.5. The molecule has 100 valence electrons. The van der Waals surface area contributed by atoms with Crippen LogP contribution in [0.25, 0.3) is 0 Å². The van der Waals surface area contributed by atoms with Gasteiger partial charge in [-0.3, -0.25) is 0 Å². The highest BCUT2D eigenvalue weighted by Crippen LogP contribution is 2.30. The minimum absolute atomic E-state index is 0.0134. The molecule has 0 unspecified atom stereocenters. The van der Waals surface area contributed by atoms with Crippen molar-refractivity contribution < 1.29 is 14.7 Å². The van der Waals surface area contributed by atoms with Crippen LogP contribution in [-0.2, 0) is 0 Å². The SMILES string of the molecule is CC#CCNC(=O)Nc1c(Cl)cc(Cl)cc1C(=O)O. The van der Waals surface area contributed by atoms with E-state index in [0.29, 0.717) is 0 Å². The van der Waals surface area contributed by atoms with Crippen LogP contribution in [0.15, 0.2) is 12.1 Å². The predicted molar refractivity (Wildman–Crippen MR) is 73.9 cm³/mol. The summed E-state index contributed by atoms with van der Waals surface area (Å²) in [5.41, 5.74) is -0.199. The molecule has 1 aromatic rings. The van der Waals surface area contributed by atoms with Crippen molar-refractivity contribution >= 4 is 40.9 Å². The molecule has 0 fully saturated rings. The van der Waals surface area contributed by atoms with Crippen molar-refractivity contribution in [3.63, 3.8) is 0 Å². The second-order valence-electron chi connectivity index (χ2n) is 3.35. The van der Waals surface area contributed by atoms with Gasteiger partial charge in [-0.15, -0.1) is 5.92 Å². The molecule has 5 nitrogen and oxygen atoms in total. The zero-order chi connectivity index (χ0) is 14.4. The lowest BCUT2D eigenvalue weighted by molar-refractivity contribution is 0.0698. The number of anilines is 1. The van der Waals surface area contributed by atoms with Crippen LogP contribution in [0.5, 0.6) is 0 Å². The Morgan fingerprint density at radius 2 is 2.05 bits per heavy atom. The van der Waals surface area contributed by atoms with Gasteiger partial charge in [0.05, 0.1) is 22.8 Å². The lowest BCUT2D eigenvalue weighted by Crippen LogP contribution is -2.29. The number of carbonyl (C=O) groups is 2. The smallest absolute Gasteiger partial charge is 0.337 e. The van der Waals surface area contributed by atoms with Crippen molar-refractivity contribution in [1.82, 2.24) is 5.32 Å². The molecule has 3 N–H and O–H groups in total. The fourth-order valence-electron chi connectivity index (χ4n) is 1.24. The predicted octanol–water partition coefficient (Wildman–Crippen LogP) is 2.84. The zero-order valence-electron chi connectivity index (χ0n) is 9.88. The summed E-state index contributed by atoms with van der Waals surface area (Å²) in [5.74, 6) is 4.00. The molecule has 0 saturated heterocycles. The fraction of sp³-hybridized carbons (Fsp3) is 0.167. The lowest BCUT2D eigenvalue weighted by atomic mass is 10.2. The van der Waals surface area contributed by atoms with Gasteiger partial charge in [0.15, 0.2) is 0 Å². The topological polar surface area (TPSA) is 78.4 Å². The molecule has 0 saturated carbocycles. The van der Waals surface area contributed by atoms with E-state index in [9.17, 15) is 9.59 Å². The van der Waals surface area contributed by atoms with E-state index in [0.717, 1.165) is 0 Å². The van der Waals surface area contributed by atoms with Gasteiger partial charge in [0.25, 0.3) is 0 Å². The lowest BCUT2D eigenvalue weighted by Gasteiger charge is -2.11. The average Bonchev–Trinajstić information content (AvgIpc) is 2.32.